The first-order chi connectivity index (χ1) is 30.9. The van der Waals surface area contributed by atoms with Crippen LogP contribution < -0.4 is 4.90 Å². The number of rotatable bonds is 7. The van der Waals surface area contributed by atoms with E-state index in [1.165, 1.54) is 33.4 Å². The van der Waals surface area contributed by atoms with Crippen LogP contribution in [-0.4, -0.2) is 4.57 Å². The third-order valence-corrected chi connectivity index (χ3v) is 13.0. The molecule has 1 aliphatic carbocycles. The summed E-state index contributed by atoms with van der Waals surface area (Å²) >= 11 is 0. The number of anilines is 3. The number of hydrogen-bond donors (Lipinski definition) is 0. The van der Waals surface area contributed by atoms with E-state index in [1.807, 2.05) is 12.1 Å². The minimum Gasteiger partial charge on any atom is -0.310 e. The lowest BCUT2D eigenvalue weighted by Crippen LogP contribution is -2.16. The molecule has 11 rings (SSSR count). The minimum atomic E-state index is -0.118. The largest absolute Gasteiger partial charge is 0.310 e. The summed E-state index contributed by atoms with van der Waals surface area (Å²) in [6, 6.07) is 74.3. The first-order valence-corrected chi connectivity index (χ1v) is 21.4. The van der Waals surface area contributed by atoms with Crippen LogP contribution in [0.4, 0.5) is 17.1 Å². The average molecular weight is 803 g/mol. The lowest BCUT2D eigenvalue weighted by atomic mass is 9.82. The van der Waals surface area contributed by atoms with Crippen LogP contribution in [0.1, 0.15) is 36.1 Å². The first kappa shape index (κ1) is 37.7. The van der Waals surface area contributed by atoms with Gasteiger partial charge in [0.15, 0.2) is 0 Å². The van der Waals surface area contributed by atoms with Gasteiger partial charge in [-0.25, -0.2) is 0 Å². The number of hydrogen-bond acceptors (Lipinski definition) is 1. The van der Waals surface area contributed by atoms with Crippen molar-refractivity contribution in [2.75, 3.05) is 4.90 Å². The molecule has 10 aromatic rings. The van der Waals surface area contributed by atoms with Gasteiger partial charge < -0.3 is 9.47 Å². The van der Waals surface area contributed by atoms with Crippen molar-refractivity contribution in [2.24, 2.45) is 0 Å². The van der Waals surface area contributed by atoms with Gasteiger partial charge >= 0.3 is 0 Å². The predicted octanol–water partition coefficient (Wildman–Crippen LogP) is 15.5. The van der Waals surface area contributed by atoms with E-state index in [9.17, 15) is 0 Å². The van der Waals surface area contributed by atoms with Crippen LogP contribution in [0.15, 0.2) is 206 Å². The SMILES string of the molecule is C#Cc1cccc(-c2ccc3c(c2)c2cc(-c4ccc(N(c5ccc(-c6ccccc6)cc5)c5ccc6c(c5)C(C)(C)c5ccccc5-6)cc4)ccc2n3-c2ccccc2)c1C#C. The second-order valence-electron chi connectivity index (χ2n) is 16.8. The van der Waals surface area contributed by atoms with Crippen molar-refractivity contribution in [3.8, 4) is 74.9 Å². The molecule has 63 heavy (non-hydrogen) atoms. The molecule has 1 heterocycles. The quantitative estimate of drug-likeness (QED) is 0.146. The van der Waals surface area contributed by atoms with Crippen LogP contribution in [0.25, 0.3) is 72.0 Å². The zero-order chi connectivity index (χ0) is 42.7. The standard InChI is InChI=1S/C61H42N2/c1-5-41-18-15-22-52(51(41)6-2)46-29-37-60-56(39-46)55-38-45(28-36-59(55)63(60)47-19-11-8-12-20-47)44-26-32-49(33-27-44)62(48-30-24-43(25-31-48)42-16-9-7-10-17-42)50-34-35-54-53-21-13-14-23-57(53)61(3,4)58(54)40-50/h1-2,7-40H,3-4H3. The number of para-hydroxylation sites is 1. The fourth-order valence-corrected chi connectivity index (χ4v) is 9.81. The molecule has 0 aliphatic heterocycles. The maximum atomic E-state index is 6.05. The van der Waals surface area contributed by atoms with Gasteiger partial charge in [-0.2, -0.15) is 0 Å². The first-order valence-electron chi connectivity index (χ1n) is 21.4. The van der Waals surface area contributed by atoms with E-state index in [1.54, 1.807) is 0 Å². The van der Waals surface area contributed by atoms with Gasteiger partial charge in [-0.15, -0.1) is 12.8 Å². The third kappa shape index (κ3) is 6.24. The molecule has 2 heteroatoms. The summed E-state index contributed by atoms with van der Waals surface area (Å²) in [5, 5.41) is 2.31. The Bertz CT molecular complexity index is 3470. The van der Waals surface area contributed by atoms with Gasteiger partial charge in [-0.1, -0.05) is 153 Å². The predicted molar refractivity (Wildman–Crippen MR) is 265 cm³/mol. The molecule has 296 valence electrons. The van der Waals surface area contributed by atoms with Gasteiger partial charge in [-0.3, -0.25) is 0 Å². The summed E-state index contributed by atoms with van der Waals surface area (Å²) in [5.74, 6) is 5.65. The van der Waals surface area contributed by atoms with E-state index in [0.717, 1.165) is 77.9 Å². The van der Waals surface area contributed by atoms with Crippen molar-refractivity contribution in [3.05, 3.63) is 229 Å². The number of aromatic nitrogens is 1. The summed E-state index contributed by atoms with van der Waals surface area (Å²) in [6.07, 6.45) is 11.9. The Morgan fingerprint density at radius 3 is 1.60 bits per heavy atom. The van der Waals surface area contributed by atoms with E-state index >= 15 is 0 Å². The van der Waals surface area contributed by atoms with Gasteiger partial charge in [0, 0.05) is 50.1 Å². The summed E-state index contributed by atoms with van der Waals surface area (Å²) in [5.41, 5.74) is 20.0. The highest BCUT2D eigenvalue weighted by atomic mass is 15.1. The Morgan fingerprint density at radius 1 is 0.413 bits per heavy atom. The molecule has 0 saturated carbocycles. The Labute approximate surface area is 369 Å². The molecule has 0 atom stereocenters. The summed E-state index contributed by atoms with van der Waals surface area (Å²) in [4.78, 5) is 2.38. The Kier molecular flexibility index (Phi) is 8.97. The van der Waals surface area contributed by atoms with Gasteiger partial charge in [0.1, 0.15) is 0 Å². The molecule has 0 N–H and O–H groups in total. The fraction of sp³-hybridized carbons (Fsp3) is 0.0492. The highest BCUT2D eigenvalue weighted by Crippen LogP contribution is 2.51. The van der Waals surface area contributed by atoms with Crippen LogP contribution in [0.2, 0.25) is 0 Å². The van der Waals surface area contributed by atoms with Crippen molar-refractivity contribution >= 4 is 38.9 Å². The zero-order valence-corrected chi connectivity index (χ0v) is 35.2. The minimum absolute atomic E-state index is 0.118. The molecule has 0 unspecified atom stereocenters. The molecule has 0 amide bonds. The monoisotopic (exact) mass is 802 g/mol. The number of nitrogens with zero attached hydrogens (tertiary/aromatic N) is 2. The maximum Gasteiger partial charge on any atom is 0.0541 e. The molecule has 0 bridgehead atoms. The van der Waals surface area contributed by atoms with Gasteiger partial charge in [-0.05, 0) is 134 Å². The molecule has 0 spiro atoms. The van der Waals surface area contributed by atoms with Crippen molar-refractivity contribution in [3.63, 3.8) is 0 Å². The third-order valence-electron chi connectivity index (χ3n) is 13.0. The van der Waals surface area contributed by atoms with Gasteiger partial charge in [0.2, 0.25) is 0 Å². The molecular formula is C61H42N2. The molecular weight excluding hydrogens is 761 g/mol. The van der Waals surface area contributed by atoms with E-state index in [0.29, 0.717) is 0 Å². The fourth-order valence-electron chi connectivity index (χ4n) is 9.81. The number of fused-ring (bicyclic) bond motifs is 6. The Morgan fingerprint density at radius 2 is 0.937 bits per heavy atom. The molecule has 1 aliphatic rings. The maximum absolute atomic E-state index is 6.05. The van der Waals surface area contributed by atoms with Crippen molar-refractivity contribution < 1.29 is 0 Å². The van der Waals surface area contributed by atoms with Gasteiger partial charge in [0.25, 0.3) is 0 Å². The lowest BCUT2D eigenvalue weighted by Gasteiger charge is -2.28. The van der Waals surface area contributed by atoms with E-state index in [-0.39, 0.29) is 5.41 Å². The smallest absolute Gasteiger partial charge is 0.0541 e. The summed E-state index contributed by atoms with van der Waals surface area (Å²) in [7, 11) is 0. The van der Waals surface area contributed by atoms with Crippen LogP contribution in [0.5, 0.6) is 0 Å². The molecule has 2 nitrogen and oxygen atoms in total. The zero-order valence-electron chi connectivity index (χ0n) is 35.2. The highest BCUT2D eigenvalue weighted by molar-refractivity contribution is 6.12. The van der Waals surface area contributed by atoms with Crippen LogP contribution >= 0.6 is 0 Å². The highest BCUT2D eigenvalue weighted by Gasteiger charge is 2.35. The molecule has 1 aromatic heterocycles. The van der Waals surface area contributed by atoms with Crippen LogP contribution in [-0.2, 0) is 5.41 Å². The lowest BCUT2D eigenvalue weighted by molar-refractivity contribution is 0.660. The molecule has 0 radical (unpaired) electrons. The van der Waals surface area contributed by atoms with Crippen molar-refractivity contribution in [1.29, 1.82) is 0 Å². The molecule has 9 aromatic carbocycles. The second-order valence-corrected chi connectivity index (χ2v) is 16.8. The van der Waals surface area contributed by atoms with Crippen LogP contribution in [0.3, 0.4) is 0 Å². The second kappa shape index (κ2) is 15.0. The molecule has 0 fully saturated rings. The normalized spacial score (nSPS) is 12.4. The molecule has 0 saturated heterocycles. The number of terminal acetylenes is 2. The Balaban J connectivity index is 1.03. The Hall–Kier alpha value is -8.30. The van der Waals surface area contributed by atoms with Crippen molar-refractivity contribution in [2.45, 2.75) is 19.3 Å². The topological polar surface area (TPSA) is 8.17 Å². The van der Waals surface area contributed by atoms with Gasteiger partial charge in [0.05, 0.1) is 11.0 Å². The summed E-state index contributed by atoms with van der Waals surface area (Å²) < 4.78 is 2.35. The van der Waals surface area contributed by atoms with E-state index in [2.05, 4.69) is 229 Å². The summed E-state index contributed by atoms with van der Waals surface area (Å²) in [6.45, 7) is 4.69. The van der Waals surface area contributed by atoms with E-state index in [4.69, 9.17) is 12.8 Å². The van der Waals surface area contributed by atoms with Crippen molar-refractivity contribution in [1.82, 2.24) is 4.57 Å². The average Bonchev–Trinajstić information content (AvgIpc) is 3.79. The van der Waals surface area contributed by atoms with E-state index < -0.39 is 0 Å². The van der Waals surface area contributed by atoms with Crippen LogP contribution in [0, 0.1) is 24.7 Å². The number of benzene rings is 9.